The van der Waals surface area contributed by atoms with Gasteiger partial charge in [-0.1, -0.05) is 17.7 Å². The van der Waals surface area contributed by atoms with Crippen molar-refractivity contribution in [3.8, 4) is 23.3 Å². The van der Waals surface area contributed by atoms with E-state index in [1.54, 1.807) is 37.4 Å². The van der Waals surface area contributed by atoms with Gasteiger partial charge in [-0.25, -0.2) is 0 Å². The van der Waals surface area contributed by atoms with Gasteiger partial charge >= 0.3 is 0 Å². The molecule has 0 saturated carbocycles. The van der Waals surface area contributed by atoms with Gasteiger partial charge in [0.2, 0.25) is 5.91 Å². The van der Waals surface area contributed by atoms with E-state index in [1.165, 1.54) is 0 Å². The van der Waals surface area contributed by atoms with Gasteiger partial charge in [0.1, 0.15) is 36.9 Å². The summed E-state index contributed by atoms with van der Waals surface area (Å²) in [5.74, 6) is 1.66. The van der Waals surface area contributed by atoms with Gasteiger partial charge in [-0.15, -0.1) is 0 Å². The highest BCUT2D eigenvalue weighted by Gasteiger charge is 2.07. The van der Waals surface area contributed by atoms with Crippen LogP contribution in [0.4, 0.5) is 0 Å². The summed E-state index contributed by atoms with van der Waals surface area (Å²) in [7, 11) is 1.60. The summed E-state index contributed by atoms with van der Waals surface area (Å²) in [4.78, 5) is 11.4. The van der Waals surface area contributed by atoms with Crippen molar-refractivity contribution >= 4 is 17.5 Å². The van der Waals surface area contributed by atoms with Crippen molar-refractivity contribution < 1.29 is 19.0 Å². The number of amides is 1. The number of carbonyl (C=O) groups is 1. The lowest BCUT2D eigenvalue weighted by Crippen LogP contribution is -2.22. The molecular weight excluding hydrogens is 356 g/mol. The van der Waals surface area contributed by atoms with Crippen molar-refractivity contribution in [3.63, 3.8) is 0 Å². The van der Waals surface area contributed by atoms with E-state index in [4.69, 9.17) is 31.1 Å². The zero-order valence-electron chi connectivity index (χ0n) is 14.3. The van der Waals surface area contributed by atoms with Crippen molar-refractivity contribution in [2.45, 2.75) is 13.0 Å². The molecule has 2 aromatic carbocycles. The van der Waals surface area contributed by atoms with Crippen LogP contribution in [0.2, 0.25) is 5.02 Å². The summed E-state index contributed by atoms with van der Waals surface area (Å²) in [5, 5.41) is 11.7. The van der Waals surface area contributed by atoms with Crippen molar-refractivity contribution in [2.75, 3.05) is 20.3 Å². The van der Waals surface area contributed by atoms with E-state index in [-0.39, 0.29) is 18.9 Å². The molecule has 0 spiro atoms. The van der Waals surface area contributed by atoms with Gasteiger partial charge in [0.25, 0.3) is 0 Å². The fourth-order valence-electron chi connectivity index (χ4n) is 2.16. The minimum absolute atomic E-state index is 0.189. The quantitative estimate of drug-likeness (QED) is 0.681. The molecule has 0 radical (unpaired) electrons. The molecule has 0 aromatic heterocycles. The first-order valence-electron chi connectivity index (χ1n) is 7.94. The summed E-state index contributed by atoms with van der Waals surface area (Å²) in [6.07, 6.45) is -0.189. The van der Waals surface area contributed by atoms with Crippen LogP contribution in [0, 0.1) is 11.3 Å². The molecule has 0 aliphatic rings. The molecule has 26 heavy (non-hydrogen) atoms. The number of nitrogens with one attached hydrogen (secondary N) is 1. The van der Waals surface area contributed by atoms with Crippen LogP contribution in [0.25, 0.3) is 0 Å². The average molecular weight is 375 g/mol. The standard InChI is InChI=1S/C19H19ClN2O4/c1-24-16-3-2-4-17(12-16)25-9-10-26-18-6-5-15(20)11-14(18)13-22-19(23)7-8-21/h2-6,11-12H,7,9-10,13H2,1H3,(H,22,23). The van der Waals surface area contributed by atoms with Crippen LogP contribution in [0.15, 0.2) is 42.5 Å². The summed E-state index contributed by atoms with van der Waals surface area (Å²) in [5.41, 5.74) is 0.727. The fourth-order valence-corrected chi connectivity index (χ4v) is 2.35. The van der Waals surface area contributed by atoms with Crippen LogP contribution in [0.5, 0.6) is 17.2 Å². The number of carbonyl (C=O) groups excluding carboxylic acids is 1. The highest BCUT2D eigenvalue weighted by atomic mass is 35.5. The normalized spacial score (nSPS) is 9.88. The first kappa shape index (κ1) is 19.4. The predicted molar refractivity (Wildman–Crippen MR) is 97.5 cm³/mol. The molecule has 0 atom stereocenters. The van der Waals surface area contributed by atoms with Gasteiger partial charge in [-0.3, -0.25) is 4.79 Å². The number of methoxy groups -OCH3 is 1. The number of ether oxygens (including phenoxy) is 3. The molecule has 2 rings (SSSR count). The van der Waals surface area contributed by atoms with Crippen LogP contribution in [-0.2, 0) is 11.3 Å². The molecule has 2 aromatic rings. The Morgan fingerprint density at radius 2 is 1.92 bits per heavy atom. The molecule has 0 fully saturated rings. The molecular formula is C19H19ClN2O4. The van der Waals surface area contributed by atoms with E-state index >= 15 is 0 Å². The number of nitriles is 1. The average Bonchev–Trinajstić information content (AvgIpc) is 2.65. The Kier molecular flexibility index (Phi) is 7.59. The third-order valence-electron chi connectivity index (χ3n) is 3.39. The monoisotopic (exact) mass is 374 g/mol. The lowest BCUT2D eigenvalue weighted by Gasteiger charge is -2.13. The van der Waals surface area contributed by atoms with E-state index in [0.717, 1.165) is 11.3 Å². The Morgan fingerprint density at radius 3 is 2.69 bits per heavy atom. The number of hydrogen-bond donors (Lipinski definition) is 1. The molecule has 1 N–H and O–H groups in total. The van der Waals surface area contributed by atoms with Gasteiger partial charge in [0, 0.05) is 23.2 Å². The lowest BCUT2D eigenvalue weighted by molar-refractivity contribution is -0.120. The summed E-state index contributed by atoms with van der Waals surface area (Å²) in [6.45, 7) is 0.890. The third-order valence-corrected chi connectivity index (χ3v) is 3.62. The topological polar surface area (TPSA) is 80.6 Å². The van der Waals surface area contributed by atoms with E-state index in [2.05, 4.69) is 5.32 Å². The Hall–Kier alpha value is -2.91. The van der Waals surface area contributed by atoms with Crippen LogP contribution >= 0.6 is 11.6 Å². The van der Waals surface area contributed by atoms with Gasteiger partial charge in [0.05, 0.1) is 13.2 Å². The smallest absolute Gasteiger partial charge is 0.234 e. The molecule has 7 heteroatoms. The molecule has 6 nitrogen and oxygen atoms in total. The van der Waals surface area contributed by atoms with Gasteiger partial charge < -0.3 is 19.5 Å². The van der Waals surface area contributed by atoms with E-state index in [1.807, 2.05) is 18.2 Å². The molecule has 0 unspecified atom stereocenters. The predicted octanol–water partition coefficient (Wildman–Crippen LogP) is 3.34. The number of halogens is 1. The highest BCUT2D eigenvalue weighted by molar-refractivity contribution is 6.30. The number of nitrogens with zero attached hydrogens (tertiary/aromatic N) is 1. The van der Waals surface area contributed by atoms with Crippen LogP contribution < -0.4 is 19.5 Å². The molecule has 136 valence electrons. The summed E-state index contributed by atoms with van der Waals surface area (Å²) < 4.78 is 16.5. The number of benzene rings is 2. The minimum Gasteiger partial charge on any atom is -0.497 e. The Balaban J connectivity index is 1.88. The Labute approximate surface area is 157 Å². The van der Waals surface area contributed by atoms with E-state index < -0.39 is 0 Å². The second-order valence-electron chi connectivity index (χ2n) is 5.24. The van der Waals surface area contributed by atoms with Crippen molar-refractivity contribution in [3.05, 3.63) is 53.1 Å². The number of hydrogen-bond acceptors (Lipinski definition) is 5. The Morgan fingerprint density at radius 1 is 1.15 bits per heavy atom. The fraction of sp³-hybridized carbons (Fsp3) is 0.263. The lowest BCUT2D eigenvalue weighted by atomic mass is 10.2. The molecule has 0 heterocycles. The highest BCUT2D eigenvalue weighted by Crippen LogP contribution is 2.23. The SMILES string of the molecule is COc1cccc(OCCOc2ccc(Cl)cc2CNC(=O)CC#N)c1. The van der Waals surface area contributed by atoms with Crippen LogP contribution in [0.3, 0.4) is 0 Å². The maximum absolute atomic E-state index is 11.4. The van der Waals surface area contributed by atoms with E-state index in [9.17, 15) is 4.79 Å². The second kappa shape index (κ2) is 10.2. The molecule has 0 bridgehead atoms. The Bertz CT molecular complexity index is 789. The summed E-state index contributed by atoms with van der Waals surface area (Å²) >= 11 is 6.01. The number of rotatable bonds is 9. The van der Waals surface area contributed by atoms with Gasteiger partial charge in [-0.05, 0) is 30.3 Å². The molecule has 0 aliphatic heterocycles. The molecule has 0 aliphatic carbocycles. The van der Waals surface area contributed by atoms with E-state index in [0.29, 0.717) is 29.7 Å². The molecule has 1 amide bonds. The first-order chi connectivity index (χ1) is 12.6. The zero-order valence-corrected chi connectivity index (χ0v) is 15.1. The maximum Gasteiger partial charge on any atom is 0.234 e. The largest absolute Gasteiger partial charge is 0.497 e. The third kappa shape index (κ3) is 6.19. The van der Waals surface area contributed by atoms with Crippen molar-refractivity contribution in [1.29, 1.82) is 5.26 Å². The first-order valence-corrected chi connectivity index (χ1v) is 8.32. The minimum atomic E-state index is -0.347. The van der Waals surface area contributed by atoms with Crippen molar-refractivity contribution in [2.24, 2.45) is 0 Å². The molecule has 0 saturated heterocycles. The zero-order chi connectivity index (χ0) is 18.8. The van der Waals surface area contributed by atoms with Crippen molar-refractivity contribution in [1.82, 2.24) is 5.32 Å². The maximum atomic E-state index is 11.4. The van der Waals surface area contributed by atoms with Crippen LogP contribution in [-0.4, -0.2) is 26.2 Å². The second-order valence-corrected chi connectivity index (χ2v) is 5.68. The van der Waals surface area contributed by atoms with Gasteiger partial charge in [0.15, 0.2) is 0 Å². The van der Waals surface area contributed by atoms with Gasteiger partial charge in [-0.2, -0.15) is 5.26 Å². The van der Waals surface area contributed by atoms with Crippen LogP contribution in [0.1, 0.15) is 12.0 Å². The summed E-state index contributed by atoms with van der Waals surface area (Å²) in [6, 6.07) is 14.3.